The van der Waals surface area contributed by atoms with Gasteiger partial charge >= 0.3 is 0 Å². The van der Waals surface area contributed by atoms with Crippen molar-refractivity contribution in [3.05, 3.63) is 45.9 Å². The first-order valence-corrected chi connectivity index (χ1v) is 9.76. The Hall–Kier alpha value is -2.25. The molecule has 0 saturated heterocycles. The highest BCUT2D eigenvalue weighted by molar-refractivity contribution is 7.20. The van der Waals surface area contributed by atoms with Crippen molar-refractivity contribution in [3.63, 3.8) is 0 Å². The van der Waals surface area contributed by atoms with Gasteiger partial charge in [0.1, 0.15) is 0 Å². The van der Waals surface area contributed by atoms with E-state index in [2.05, 4.69) is 26.9 Å². The van der Waals surface area contributed by atoms with Gasteiger partial charge in [0.2, 0.25) is 5.13 Å². The number of benzene rings is 1. The number of aromatic nitrogens is 3. The molecule has 2 aromatic heterocycles. The molecule has 0 saturated carbocycles. The normalized spacial score (nSPS) is 12.0. The molecule has 0 fully saturated rings. The van der Waals surface area contributed by atoms with E-state index in [1.54, 1.807) is 10.9 Å². The molecule has 138 valence electrons. The molecule has 6 nitrogen and oxygen atoms in total. The lowest BCUT2D eigenvalue weighted by molar-refractivity contribution is 0.403. The van der Waals surface area contributed by atoms with Gasteiger partial charge in [-0.25, -0.2) is 4.98 Å². The second-order valence-electron chi connectivity index (χ2n) is 6.55. The number of aliphatic imine (C=N–C) groups is 1. The first-order valence-electron chi connectivity index (χ1n) is 8.94. The van der Waals surface area contributed by atoms with Gasteiger partial charge in [0, 0.05) is 18.5 Å². The van der Waals surface area contributed by atoms with Crippen molar-refractivity contribution in [2.24, 2.45) is 4.99 Å². The lowest BCUT2D eigenvalue weighted by atomic mass is 10.2. The van der Waals surface area contributed by atoms with Gasteiger partial charge in [-0.1, -0.05) is 36.8 Å². The van der Waals surface area contributed by atoms with Crippen LogP contribution in [-0.2, 0) is 6.42 Å². The van der Waals surface area contributed by atoms with Crippen LogP contribution in [0.2, 0.25) is 0 Å². The molecule has 7 heteroatoms. The van der Waals surface area contributed by atoms with Gasteiger partial charge in [-0.15, -0.1) is 0 Å². The van der Waals surface area contributed by atoms with E-state index in [0.717, 1.165) is 48.3 Å². The SMILES string of the molecule is CCCc1[nH]n(-c2nc3ccccc3s2)c(=O)c1C=NCCCN(C)C. The first kappa shape index (κ1) is 18.5. The van der Waals surface area contributed by atoms with Crippen LogP contribution in [-0.4, -0.2) is 53.1 Å². The van der Waals surface area contributed by atoms with Crippen molar-refractivity contribution in [1.29, 1.82) is 0 Å². The quantitative estimate of drug-likeness (QED) is 0.489. The van der Waals surface area contributed by atoms with Crippen molar-refractivity contribution in [2.45, 2.75) is 26.2 Å². The van der Waals surface area contributed by atoms with Crippen LogP contribution >= 0.6 is 11.3 Å². The fraction of sp³-hybridized carbons (Fsp3) is 0.421. The van der Waals surface area contributed by atoms with Crippen molar-refractivity contribution < 1.29 is 0 Å². The topological polar surface area (TPSA) is 66.3 Å². The molecule has 26 heavy (non-hydrogen) atoms. The summed E-state index contributed by atoms with van der Waals surface area (Å²) in [5, 5.41) is 3.91. The fourth-order valence-corrected chi connectivity index (χ4v) is 3.72. The van der Waals surface area contributed by atoms with E-state index in [-0.39, 0.29) is 5.56 Å². The van der Waals surface area contributed by atoms with Crippen LogP contribution in [0.25, 0.3) is 15.3 Å². The van der Waals surface area contributed by atoms with Crippen LogP contribution in [0.1, 0.15) is 31.0 Å². The van der Waals surface area contributed by atoms with Gasteiger partial charge in [-0.2, -0.15) is 4.68 Å². The molecule has 0 atom stereocenters. The third kappa shape index (κ3) is 4.11. The van der Waals surface area contributed by atoms with Crippen molar-refractivity contribution in [2.75, 3.05) is 27.2 Å². The number of H-pyrrole nitrogens is 1. The predicted octanol–water partition coefficient (Wildman–Crippen LogP) is 3.10. The van der Waals surface area contributed by atoms with E-state index < -0.39 is 0 Å². The summed E-state index contributed by atoms with van der Waals surface area (Å²) < 4.78 is 2.62. The van der Waals surface area contributed by atoms with E-state index in [1.165, 1.54) is 11.3 Å². The average molecular weight is 372 g/mol. The predicted molar refractivity (Wildman–Crippen MR) is 109 cm³/mol. The van der Waals surface area contributed by atoms with Crippen molar-refractivity contribution in [3.8, 4) is 5.13 Å². The number of aryl methyl sites for hydroxylation is 1. The molecular formula is C19H25N5OS. The number of thiazole rings is 1. The lowest BCUT2D eigenvalue weighted by Crippen LogP contribution is -2.17. The largest absolute Gasteiger partial charge is 0.309 e. The van der Waals surface area contributed by atoms with Gasteiger partial charge in [0.15, 0.2) is 0 Å². The molecule has 3 aromatic rings. The summed E-state index contributed by atoms with van der Waals surface area (Å²) in [7, 11) is 4.10. The summed E-state index contributed by atoms with van der Waals surface area (Å²) in [6.07, 6.45) is 4.47. The standard InChI is InChI=1S/C19H25N5OS/c1-4-8-15-14(13-20-11-7-12-23(2)3)18(25)24(22-15)19-21-16-9-5-6-10-17(16)26-19/h5-6,9-10,13,22H,4,7-8,11-12H2,1-3H3. The highest BCUT2D eigenvalue weighted by atomic mass is 32.1. The van der Waals surface area contributed by atoms with Crippen LogP contribution in [0.5, 0.6) is 0 Å². The van der Waals surface area contributed by atoms with E-state index >= 15 is 0 Å². The van der Waals surface area contributed by atoms with E-state index in [4.69, 9.17) is 0 Å². The first-order chi connectivity index (χ1) is 12.6. The molecule has 0 aliphatic heterocycles. The molecular weight excluding hydrogens is 346 g/mol. The minimum absolute atomic E-state index is 0.0798. The highest BCUT2D eigenvalue weighted by Gasteiger charge is 2.15. The Labute approximate surface area is 157 Å². The van der Waals surface area contributed by atoms with Gasteiger partial charge in [-0.05, 0) is 45.6 Å². The average Bonchev–Trinajstić information content (AvgIpc) is 3.17. The van der Waals surface area contributed by atoms with Crippen LogP contribution in [0.15, 0.2) is 34.1 Å². The Kier molecular flexibility index (Phi) is 6.00. The number of rotatable bonds is 8. The monoisotopic (exact) mass is 371 g/mol. The van der Waals surface area contributed by atoms with Crippen LogP contribution in [0.3, 0.4) is 0 Å². The minimum Gasteiger partial charge on any atom is -0.309 e. The minimum atomic E-state index is -0.0798. The van der Waals surface area contributed by atoms with Gasteiger partial charge in [0.05, 0.1) is 15.8 Å². The lowest BCUT2D eigenvalue weighted by Gasteiger charge is -2.06. The number of para-hydroxylation sites is 1. The second kappa shape index (κ2) is 8.42. The molecule has 1 aromatic carbocycles. The van der Waals surface area contributed by atoms with Crippen LogP contribution in [0, 0.1) is 0 Å². The molecule has 2 heterocycles. The summed E-state index contributed by atoms with van der Waals surface area (Å²) in [4.78, 5) is 24.1. The van der Waals surface area contributed by atoms with Gasteiger partial charge < -0.3 is 4.90 Å². The molecule has 0 radical (unpaired) electrons. The van der Waals surface area contributed by atoms with E-state index in [0.29, 0.717) is 10.7 Å². The number of nitrogens with zero attached hydrogens (tertiary/aromatic N) is 4. The summed E-state index contributed by atoms with van der Waals surface area (Å²) in [5.74, 6) is 0. The summed E-state index contributed by atoms with van der Waals surface area (Å²) in [6, 6.07) is 7.92. The van der Waals surface area contributed by atoms with E-state index in [9.17, 15) is 4.79 Å². The number of hydrogen-bond donors (Lipinski definition) is 1. The molecule has 0 amide bonds. The summed E-state index contributed by atoms with van der Waals surface area (Å²) >= 11 is 1.51. The molecule has 0 spiro atoms. The molecule has 0 bridgehead atoms. The Morgan fingerprint density at radius 1 is 1.35 bits per heavy atom. The Morgan fingerprint density at radius 2 is 2.15 bits per heavy atom. The fourth-order valence-electron chi connectivity index (χ4n) is 2.79. The van der Waals surface area contributed by atoms with Crippen molar-refractivity contribution >= 4 is 27.8 Å². The maximum Gasteiger partial charge on any atom is 0.282 e. The zero-order valence-electron chi connectivity index (χ0n) is 15.5. The maximum atomic E-state index is 12.9. The maximum absolute atomic E-state index is 12.9. The Balaban J connectivity index is 1.89. The number of fused-ring (bicyclic) bond motifs is 1. The molecule has 0 aliphatic rings. The third-order valence-electron chi connectivity index (χ3n) is 4.09. The molecule has 0 aliphatic carbocycles. The van der Waals surface area contributed by atoms with Crippen LogP contribution in [0.4, 0.5) is 0 Å². The number of hydrogen-bond acceptors (Lipinski definition) is 5. The molecule has 0 unspecified atom stereocenters. The summed E-state index contributed by atoms with van der Waals surface area (Å²) in [5.41, 5.74) is 2.40. The van der Waals surface area contributed by atoms with Crippen LogP contribution < -0.4 is 5.56 Å². The Bertz CT molecular complexity index is 917. The van der Waals surface area contributed by atoms with Gasteiger partial charge in [0.25, 0.3) is 5.56 Å². The molecule has 1 N–H and O–H groups in total. The zero-order chi connectivity index (χ0) is 18.5. The Morgan fingerprint density at radius 3 is 2.88 bits per heavy atom. The smallest absolute Gasteiger partial charge is 0.282 e. The number of aromatic amines is 1. The number of nitrogens with one attached hydrogen (secondary N) is 1. The summed E-state index contributed by atoms with van der Waals surface area (Å²) in [6.45, 7) is 3.81. The molecule has 3 rings (SSSR count). The van der Waals surface area contributed by atoms with Crippen molar-refractivity contribution in [1.82, 2.24) is 19.7 Å². The second-order valence-corrected chi connectivity index (χ2v) is 7.56. The zero-order valence-corrected chi connectivity index (χ0v) is 16.3. The third-order valence-corrected chi connectivity index (χ3v) is 5.11. The van der Waals surface area contributed by atoms with E-state index in [1.807, 2.05) is 38.4 Å². The highest BCUT2D eigenvalue weighted by Crippen LogP contribution is 2.23. The van der Waals surface area contributed by atoms with Gasteiger partial charge in [-0.3, -0.25) is 14.9 Å².